The van der Waals surface area contributed by atoms with Crippen LogP contribution in [0.1, 0.15) is 39.0 Å². The zero-order chi connectivity index (χ0) is 18.1. The van der Waals surface area contributed by atoms with E-state index in [-0.39, 0.29) is 11.0 Å². The maximum Gasteiger partial charge on any atom is 0.347 e. The molecule has 4 rings (SSSR count). The zero-order valence-corrected chi connectivity index (χ0v) is 15.0. The van der Waals surface area contributed by atoms with Crippen LogP contribution in [0, 0.1) is 6.92 Å². The fourth-order valence-corrected chi connectivity index (χ4v) is 3.82. The number of ether oxygens (including phenoxy) is 2. The number of thiazole rings is 1. The molecular formula is C20H17NO4S. The van der Waals surface area contributed by atoms with Crippen molar-refractivity contribution in [1.29, 1.82) is 0 Å². The Morgan fingerprint density at radius 3 is 2.81 bits per heavy atom. The Bertz CT molecular complexity index is 952. The van der Waals surface area contributed by atoms with Crippen LogP contribution in [0.5, 0.6) is 16.7 Å². The van der Waals surface area contributed by atoms with E-state index in [1.54, 1.807) is 6.92 Å². The van der Waals surface area contributed by atoms with Crippen LogP contribution in [0.4, 0.5) is 0 Å². The van der Waals surface area contributed by atoms with E-state index < -0.39 is 5.97 Å². The van der Waals surface area contributed by atoms with Crippen molar-refractivity contribution in [2.45, 2.75) is 25.9 Å². The van der Waals surface area contributed by atoms with E-state index in [0.717, 1.165) is 35.5 Å². The summed E-state index contributed by atoms with van der Waals surface area (Å²) in [6.07, 6.45) is 1.86. The third-order valence-electron chi connectivity index (χ3n) is 4.32. The normalized spacial score (nSPS) is 15.8. The van der Waals surface area contributed by atoms with Gasteiger partial charge in [-0.3, -0.25) is 0 Å². The summed E-state index contributed by atoms with van der Waals surface area (Å²) >= 11 is 1.03. The van der Waals surface area contributed by atoms with Crippen LogP contribution in [0.15, 0.2) is 48.5 Å². The number of carboxylic acid groups (broad SMARTS) is 1. The summed E-state index contributed by atoms with van der Waals surface area (Å²) in [5, 5.41) is 9.45. The molecule has 6 heteroatoms. The Kier molecular flexibility index (Phi) is 4.34. The maximum absolute atomic E-state index is 11.1. The number of carboxylic acids is 1. The van der Waals surface area contributed by atoms with Crippen LogP contribution in [0.25, 0.3) is 0 Å². The van der Waals surface area contributed by atoms with E-state index in [9.17, 15) is 4.79 Å². The average Bonchev–Trinajstić information content (AvgIpc) is 3.02. The van der Waals surface area contributed by atoms with Crippen molar-refractivity contribution in [3.05, 3.63) is 70.2 Å². The summed E-state index contributed by atoms with van der Waals surface area (Å²) in [5.41, 5.74) is 2.73. The second kappa shape index (κ2) is 6.80. The lowest BCUT2D eigenvalue weighted by molar-refractivity contribution is 0.0701. The van der Waals surface area contributed by atoms with E-state index in [2.05, 4.69) is 17.1 Å². The molecule has 1 atom stereocenters. The summed E-state index contributed by atoms with van der Waals surface area (Å²) in [4.78, 5) is 15.5. The number of fused-ring (bicyclic) bond motifs is 1. The molecule has 2 heterocycles. The van der Waals surface area contributed by atoms with Crippen molar-refractivity contribution in [3.63, 3.8) is 0 Å². The van der Waals surface area contributed by atoms with Crippen molar-refractivity contribution in [2.24, 2.45) is 0 Å². The lowest BCUT2D eigenvalue weighted by atomic mass is 9.97. The molecule has 1 aromatic heterocycles. The fraction of sp³-hybridized carbons (Fsp3) is 0.200. The highest BCUT2D eigenvalue weighted by Gasteiger charge is 2.22. The molecule has 0 bridgehead atoms. The monoisotopic (exact) mass is 367 g/mol. The number of hydrogen-bond acceptors (Lipinski definition) is 5. The minimum Gasteiger partial charge on any atom is -0.485 e. The van der Waals surface area contributed by atoms with Gasteiger partial charge in [0.2, 0.25) is 0 Å². The van der Waals surface area contributed by atoms with Gasteiger partial charge < -0.3 is 14.6 Å². The molecule has 132 valence electrons. The minimum atomic E-state index is -0.986. The van der Waals surface area contributed by atoms with E-state index >= 15 is 0 Å². The van der Waals surface area contributed by atoms with Gasteiger partial charge in [0.1, 0.15) is 22.5 Å². The maximum atomic E-state index is 11.1. The second-order valence-corrected chi connectivity index (χ2v) is 7.09. The van der Waals surface area contributed by atoms with Crippen LogP contribution in [0.2, 0.25) is 0 Å². The van der Waals surface area contributed by atoms with Gasteiger partial charge in [0.25, 0.3) is 5.19 Å². The molecule has 5 nitrogen and oxygen atoms in total. The Morgan fingerprint density at radius 1 is 1.27 bits per heavy atom. The van der Waals surface area contributed by atoms with Gasteiger partial charge in [-0.05, 0) is 49.1 Å². The van der Waals surface area contributed by atoms with Gasteiger partial charge >= 0.3 is 5.97 Å². The number of nitrogens with zero attached hydrogens (tertiary/aromatic N) is 1. The zero-order valence-electron chi connectivity index (χ0n) is 14.1. The van der Waals surface area contributed by atoms with Crippen LogP contribution in [-0.2, 0) is 6.42 Å². The van der Waals surface area contributed by atoms with Gasteiger partial charge in [-0.1, -0.05) is 41.7 Å². The highest BCUT2D eigenvalue weighted by molar-refractivity contribution is 7.15. The lowest BCUT2D eigenvalue weighted by Crippen LogP contribution is -2.15. The lowest BCUT2D eigenvalue weighted by Gasteiger charge is -2.26. The highest BCUT2D eigenvalue weighted by atomic mass is 32.1. The molecule has 0 saturated carbocycles. The first kappa shape index (κ1) is 16.6. The molecule has 1 unspecified atom stereocenters. The van der Waals surface area contributed by atoms with Crippen LogP contribution in [-0.4, -0.2) is 16.1 Å². The predicted octanol–water partition coefficient (Wildman–Crippen LogP) is 5.01. The van der Waals surface area contributed by atoms with Crippen molar-refractivity contribution < 1.29 is 19.4 Å². The van der Waals surface area contributed by atoms with Crippen molar-refractivity contribution in [3.8, 4) is 16.7 Å². The Morgan fingerprint density at radius 2 is 2.08 bits per heavy atom. The summed E-state index contributed by atoms with van der Waals surface area (Å²) in [7, 11) is 0. The molecule has 1 aliphatic heterocycles. The number of aromatic nitrogens is 1. The molecule has 1 N–H and O–H groups in total. The molecule has 0 radical (unpaired) electrons. The smallest absolute Gasteiger partial charge is 0.347 e. The van der Waals surface area contributed by atoms with Crippen molar-refractivity contribution >= 4 is 17.3 Å². The molecule has 0 saturated heterocycles. The van der Waals surface area contributed by atoms with Crippen LogP contribution >= 0.6 is 11.3 Å². The average molecular weight is 367 g/mol. The topological polar surface area (TPSA) is 68.7 Å². The highest BCUT2D eigenvalue weighted by Crippen LogP contribution is 2.38. The first-order valence-electron chi connectivity index (χ1n) is 8.33. The third kappa shape index (κ3) is 3.28. The summed E-state index contributed by atoms with van der Waals surface area (Å²) < 4.78 is 11.9. The van der Waals surface area contributed by atoms with Gasteiger partial charge in [0.15, 0.2) is 0 Å². The molecular weight excluding hydrogens is 350 g/mol. The van der Waals surface area contributed by atoms with E-state index in [0.29, 0.717) is 16.6 Å². The summed E-state index contributed by atoms with van der Waals surface area (Å²) in [6.45, 7) is 1.66. The number of aromatic carboxylic acids is 1. The first-order valence-corrected chi connectivity index (χ1v) is 9.15. The second-order valence-electron chi connectivity index (χ2n) is 6.13. The Balaban J connectivity index is 1.52. The van der Waals surface area contributed by atoms with E-state index in [1.807, 2.05) is 36.4 Å². The largest absolute Gasteiger partial charge is 0.485 e. The molecule has 3 aromatic rings. The standard InChI is InChI=1S/C20H17NO4S/c1-12-18(19(22)23)26-20(21-12)24-15-8-10-17-14(11-15)7-9-16(25-17)13-5-3-2-4-6-13/h2-6,8,10-11,16H,7,9H2,1H3,(H,22,23). The van der Waals surface area contributed by atoms with E-state index in [4.69, 9.17) is 14.6 Å². The Labute approximate surface area is 154 Å². The van der Waals surface area contributed by atoms with Gasteiger partial charge in [0, 0.05) is 0 Å². The summed E-state index contributed by atoms with van der Waals surface area (Å²) in [6, 6.07) is 15.9. The van der Waals surface area contributed by atoms with Gasteiger partial charge in [-0.25, -0.2) is 9.78 Å². The number of benzene rings is 2. The number of carbonyl (C=O) groups is 1. The minimum absolute atomic E-state index is 0.0650. The van der Waals surface area contributed by atoms with Crippen LogP contribution in [0.3, 0.4) is 0 Å². The molecule has 1 aliphatic rings. The van der Waals surface area contributed by atoms with Crippen LogP contribution < -0.4 is 9.47 Å². The molecule has 2 aromatic carbocycles. The fourth-order valence-electron chi connectivity index (χ4n) is 3.05. The SMILES string of the molecule is Cc1nc(Oc2ccc3c(c2)CCC(c2ccccc2)O3)sc1C(=O)O. The van der Waals surface area contributed by atoms with Gasteiger partial charge in [-0.2, -0.15) is 0 Å². The van der Waals surface area contributed by atoms with E-state index in [1.165, 1.54) is 5.56 Å². The molecule has 0 spiro atoms. The molecule has 0 fully saturated rings. The van der Waals surface area contributed by atoms with Crippen molar-refractivity contribution in [2.75, 3.05) is 0 Å². The van der Waals surface area contributed by atoms with Gasteiger partial charge in [-0.15, -0.1) is 0 Å². The van der Waals surface area contributed by atoms with Crippen molar-refractivity contribution in [1.82, 2.24) is 4.98 Å². The number of aryl methyl sites for hydroxylation is 2. The first-order chi connectivity index (χ1) is 12.6. The Hall–Kier alpha value is -2.86. The quantitative estimate of drug-likeness (QED) is 0.702. The third-order valence-corrected chi connectivity index (χ3v) is 5.35. The number of rotatable bonds is 4. The molecule has 0 amide bonds. The van der Waals surface area contributed by atoms with Gasteiger partial charge in [0.05, 0.1) is 5.69 Å². The summed E-state index contributed by atoms with van der Waals surface area (Å²) in [5.74, 6) is 0.510. The molecule has 26 heavy (non-hydrogen) atoms. The number of hydrogen-bond donors (Lipinski definition) is 1. The predicted molar refractivity (Wildman–Crippen MR) is 98.5 cm³/mol. The molecule has 0 aliphatic carbocycles.